The maximum atomic E-state index is 14.6. The van der Waals surface area contributed by atoms with Crippen LogP contribution in [0.1, 0.15) is 46.5 Å². The van der Waals surface area contributed by atoms with Gasteiger partial charge in [-0.05, 0) is 44.2 Å². The molecule has 0 radical (unpaired) electrons. The van der Waals surface area contributed by atoms with Gasteiger partial charge < -0.3 is 29.7 Å². The van der Waals surface area contributed by atoms with Crippen LogP contribution >= 0.6 is 11.6 Å². The molecule has 3 heterocycles. The van der Waals surface area contributed by atoms with Crippen LogP contribution in [0.2, 0.25) is 5.02 Å². The number of nitrogens with one attached hydrogen (secondary N) is 1. The molecule has 0 aromatic heterocycles. The second-order valence-electron chi connectivity index (χ2n) is 11.9. The Labute approximate surface area is 258 Å². The molecular formula is C32H42ClN3O7. The first kappa shape index (κ1) is 32.7. The predicted molar refractivity (Wildman–Crippen MR) is 162 cm³/mol. The molecule has 3 saturated heterocycles. The van der Waals surface area contributed by atoms with Crippen LogP contribution in [0.15, 0.2) is 49.6 Å². The lowest BCUT2D eigenvalue weighted by molar-refractivity contribution is -0.160. The van der Waals surface area contributed by atoms with Crippen molar-refractivity contribution < 1.29 is 33.8 Å². The Hall–Kier alpha value is -3.21. The van der Waals surface area contributed by atoms with Crippen LogP contribution < -0.4 is 10.2 Å². The highest BCUT2D eigenvalue weighted by atomic mass is 35.5. The number of anilines is 1. The van der Waals surface area contributed by atoms with Crippen molar-refractivity contribution in [1.82, 2.24) is 10.2 Å². The smallest absolute Gasteiger partial charge is 0.312 e. The van der Waals surface area contributed by atoms with E-state index in [1.165, 1.54) is 9.80 Å². The summed E-state index contributed by atoms with van der Waals surface area (Å²) in [6.45, 7) is 12.7. The maximum absolute atomic E-state index is 14.6. The van der Waals surface area contributed by atoms with Crippen molar-refractivity contribution in [3.8, 4) is 0 Å². The highest BCUT2D eigenvalue weighted by Crippen LogP contribution is 2.59. The second kappa shape index (κ2) is 13.6. The zero-order chi connectivity index (χ0) is 31.5. The standard InChI is InChI=1S/C32H42ClN3O7/c1-6-8-13-25(38)34-17-20(5)42-31(41)26-24-14-15-32(43-24)27(26)29(39)36(23(18-37)19(3)4)28(32)30(40)35(16-7-2)22-12-10-9-11-21(22)33/h6-7,9-12,19-20,23-24,26-28,37H,1-2,8,13-18H2,3-5H3,(H,34,38)/t20-,23-,24+,26-,27-,28+,32-/m0/s1. The van der Waals surface area contributed by atoms with E-state index in [1.807, 2.05) is 13.8 Å². The first-order valence-corrected chi connectivity index (χ1v) is 15.3. The number of carbonyl (C=O) groups excluding carboxylic acids is 4. The molecule has 234 valence electrons. The number of fused-ring (bicyclic) bond motifs is 1. The zero-order valence-electron chi connectivity index (χ0n) is 25.0. The van der Waals surface area contributed by atoms with E-state index in [9.17, 15) is 24.3 Å². The topological polar surface area (TPSA) is 125 Å². The van der Waals surface area contributed by atoms with E-state index in [-0.39, 0.29) is 37.9 Å². The number of likely N-dealkylation sites (tertiary alicyclic amines) is 1. The van der Waals surface area contributed by atoms with Crippen LogP contribution in [-0.2, 0) is 28.7 Å². The molecular weight excluding hydrogens is 574 g/mol. The number of benzene rings is 1. The summed E-state index contributed by atoms with van der Waals surface area (Å²) < 4.78 is 12.2. The molecule has 2 N–H and O–H groups in total. The number of rotatable bonds is 14. The number of amides is 3. The van der Waals surface area contributed by atoms with Gasteiger partial charge in [0.25, 0.3) is 5.91 Å². The summed E-state index contributed by atoms with van der Waals surface area (Å²) in [6, 6.07) is 5.12. The van der Waals surface area contributed by atoms with Crippen LogP contribution in [0.5, 0.6) is 0 Å². The largest absolute Gasteiger partial charge is 0.460 e. The van der Waals surface area contributed by atoms with Gasteiger partial charge in [-0.15, -0.1) is 13.2 Å². The number of nitrogens with zero attached hydrogens (tertiary/aromatic N) is 2. The SMILES string of the molecule is C=CCCC(=O)NC[C@H](C)OC(=O)[C@@H]1[C@H]2C(=O)N([C@@H](CO)C(C)C)[C@H](C(=O)N(CC=C)c3ccccc3Cl)[C@]23CC[C@H]1O3. The van der Waals surface area contributed by atoms with E-state index in [4.69, 9.17) is 21.1 Å². The summed E-state index contributed by atoms with van der Waals surface area (Å²) >= 11 is 6.51. The van der Waals surface area contributed by atoms with E-state index in [2.05, 4.69) is 18.5 Å². The number of aliphatic hydroxyl groups is 1. The third-order valence-electron chi connectivity index (χ3n) is 8.76. The summed E-state index contributed by atoms with van der Waals surface area (Å²) in [5.41, 5.74) is -0.827. The molecule has 1 aromatic rings. The number of allylic oxidation sites excluding steroid dienone is 1. The number of aliphatic hydroxyl groups excluding tert-OH is 1. The van der Waals surface area contributed by atoms with Gasteiger partial charge in [-0.25, -0.2) is 0 Å². The molecule has 11 heteroatoms. The number of carbonyl (C=O) groups is 4. The van der Waals surface area contributed by atoms with E-state index in [1.54, 1.807) is 43.3 Å². The number of halogens is 1. The van der Waals surface area contributed by atoms with Crippen molar-refractivity contribution in [3.63, 3.8) is 0 Å². The van der Waals surface area contributed by atoms with Gasteiger partial charge in [0, 0.05) is 13.0 Å². The maximum Gasteiger partial charge on any atom is 0.312 e. The van der Waals surface area contributed by atoms with Crippen LogP contribution in [0.25, 0.3) is 0 Å². The molecule has 1 spiro atoms. The van der Waals surface area contributed by atoms with Crippen molar-refractivity contribution in [2.24, 2.45) is 17.8 Å². The molecule has 3 amide bonds. The fraction of sp³-hybridized carbons (Fsp3) is 0.562. The average Bonchev–Trinajstić information content (AvgIpc) is 3.62. The third kappa shape index (κ3) is 6.10. The second-order valence-corrected chi connectivity index (χ2v) is 12.3. The molecule has 3 fully saturated rings. The first-order valence-electron chi connectivity index (χ1n) is 14.9. The summed E-state index contributed by atoms with van der Waals surface area (Å²) in [5.74, 6) is -3.72. The highest BCUT2D eigenvalue weighted by Gasteiger charge is 2.76. The zero-order valence-corrected chi connectivity index (χ0v) is 25.8. The minimum absolute atomic E-state index is 0.116. The van der Waals surface area contributed by atoms with Gasteiger partial charge in [0.15, 0.2) is 0 Å². The predicted octanol–water partition coefficient (Wildman–Crippen LogP) is 3.26. The molecule has 0 unspecified atom stereocenters. The number of esters is 1. The lowest BCUT2D eigenvalue weighted by Gasteiger charge is -2.40. The van der Waals surface area contributed by atoms with Gasteiger partial charge in [0.1, 0.15) is 17.7 Å². The third-order valence-corrected chi connectivity index (χ3v) is 9.08. The summed E-state index contributed by atoms with van der Waals surface area (Å²) in [7, 11) is 0. The number of hydrogen-bond acceptors (Lipinski definition) is 7. The Morgan fingerprint density at radius 2 is 1.98 bits per heavy atom. The number of para-hydroxylation sites is 1. The molecule has 0 saturated carbocycles. The number of ether oxygens (including phenoxy) is 2. The van der Waals surface area contributed by atoms with E-state index < -0.39 is 59.5 Å². The van der Waals surface area contributed by atoms with Gasteiger partial charge >= 0.3 is 5.97 Å². The van der Waals surface area contributed by atoms with Crippen molar-refractivity contribution >= 4 is 41.0 Å². The Bertz CT molecular complexity index is 1260. The Morgan fingerprint density at radius 3 is 2.60 bits per heavy atom. The van der Waals surface area contributed by atoms with Gasteiger partial charge in [0.05, 0.1) is 47.8 Å². The van der Waals surface area contributed by atoms with E-state index >= 15 is 0 Å². The first-order chi connectivity index (χ1) is 20.5. The average molecular weight is 616 g/mol. The Morgan fingerprint density at radius 1 is 1.26 bits per heavy atom. The monoisotopic (exact) mass is 615 g/mol. The quantitative estimate of drug-likeness (QED) is 0.243. The van der Waals surface area contributed by atoms with Gasteiger partial charge in [0.2, 0.25) is 11.8 Å². The minimum Gasteiger partial charge on any atom is -0.460 e. The van der Waals surface area contributed by atoms with Crippen LogP contribution in [0.4, 0.5) is 5.69 Å². The molecule has 3 aliphatic heterocycles. The van der Waals surface area contributed by atoms with Gasteiger partial charge in [-0.3, -0.25) is 19.2 Å². The summed E-state index contributed by atoms with van der Waals surface area (Å²) in [5, 5.41) is 13.5. The van der Waals surface area contributed by atoms with Crippen LogP contribution in [-0.4, -0.2) is 83.3 Å². The lowest BCUT2D eigenvalue weighted by Crippen LogP contribution is -2.59. The van der Waals surface area contributed by atoms with E-state index in [0.717, 1.165) is 0 Å². The normalized spacial score (nSPS) is 27.0. The Balaban J connectivity index is 1.67. The molecule has 10 nitrogen and oxygen atoms in total. The van der Waals surface area contributed by atoms with Crippen LogP contribution in [0, 0.1) is 17.8 Å². The molecule has 1 aromatic carbocycles. The fourth-order valence-electron chi connectivity index (χ4n) is 6.77. The van der Waals surface area contributed by atoms with Crippen molar-refractivity contribution in [2.45, 2.75) is 76.3 Å². The Kier molecular flexibility index (Phi) is 10.4. The summed E-state index contributed by atoms with van der Waals surface area (Å²) in [6.07, 6.45) is 3.65. The fourth-order valence-corrected chi connectivity index (χ4v) is 7.01. The molecule has 7 atom stereocenters. The molecule has 2 bridgehead atoms. The van der Waals surface area contributed by atoms with Crippen molar-refractivity contribution in [3.05, 3.63) is 54.6 Å². The van der Waals surface area contributed by atoms with E-state index in [0.29, 0.717) is 30.0 Å². The molecule has 3 aliphatic rings. The molecule has 43 heavy (non-hydrogen) atoms. The van der Waals surface area contributed by atoms with Crippen LogP contribution in [0.3, 0.4) is 0 Å². The van der Waals surface area contributed by atoms with Crippen molar-refractivity contribution in [1.29, 1.82) is 0 Å². The van der Waals surface area contributed by atoms with Gasteiger partial charge in [-0.2, -0.15) is 0 Å². The number of hydrogen-bond donors (Lipinski definition) is 2. The van der Waals surface area contributed by atoms with Crippen molar-refractivity contribution in [2.75, 3.05) is 24.6 Å². The summed E-state index contributed by atoms with van der Waals surface area (Å²) in [4.78, 5) is 57.5. The lowest BCUT2D eigenvalue weighted by atomic mass is 9.70. The van der Waals surface area contributed by atoms with Gasteiger partial charge in [-0.1, -0.05) is 49.7 Å². The molecule has 0 aliphatic carbocycles. The molecule has 4 rings (SSSR count). The highest BCUT2D eigenvalue weighted by molar-refractivity contribution is 6.34. The minimum atomic E-state index is -1.28.